The number of carbonyl (C=O) groups excluding carboxylic acids is 2. The number of sulfonamides is 1. The van der Waals surface area contributed by atoms with E-state index in [0.717, 1.165) is 16.8 Å². The van der Waals surface area contributed by atoms with Gasteiger partial charge in [0, 0.05) is 25.3 Å². The number of methoxy groups -OCH3 is 2. The van der Waals surface area contributed by atoms with Crippen molar-refractivity contribution in [1.82, 2.24) is 14.5 Å². The van der Waals surface area contributed by atoms with Gasteiger partial charge >= 0.3 is 0 Å². The first-order chi connectivity index (χ1) is 20.7. The molecule has 2 amide bonds. The molecule has 0 bridgehead atoms. The third-order valence-electron chi connectivity index (χ3n) is 8.31. The molecule has 2 fully saturated rings. The fourth-order valence-electron chi connectivity index (χ4n) is 5.89. The third kappa shape index (κ3) is 6.18. The fraction of sp³-hybridized carbons (Fsp3) is 0.375. The maximum Gasteiger partial charge on any atom is 0.250 e. The second-order valence-corrected chi connectivity index (χ2v) is 12.9. The minimum absolute atomic E-state index is 0.0821. The van der Waals surface area contributed by atoms with Crippen LogP contribution in [0.2, 0.25) is 0 Å². The highest BCUT2D eigenvalue weighted by atomic mass is 32.2. The molecule has 1 N–H and O–H groups in total. The van der Waals surface area contributed by atoms with E-state index in [1.807, 2.05) is 60.4 Å². The average molecular weight is 607 g/mol. The van der Waals surface area contributed by atoms with Crippen molar-refractivity contribution in [2.75, 3.05) is 52.0 Å². The quantitative estimate of drug-likeness (QED) is 0.378. The van der Waals surface area contributed by atoms with Crippen molar-refractivity contribution in [3.8, 4) is 11.5 Å². The molecule has 2 aliphatic heterocycles. The highest BCUT2D eigenvalue weighted by Gasteiger charge is 2.55. The number of nitrogens with one attached hydrogen (secondary N) is 1. The molecule has 2 saturated heterocycles. The van der Waals surface area contributed by atoms with Crippen LogP contribution in [0.25, 0.3) is 0 Å². The van der Waals surface area contributed by atoms with E-state index in [1.165, 1.54) is 4.31 Å². The van der Waals surface area contributed by atoms with E-state index in [4.69, 9.17) is 9.47 Å². The van der Waals surface area contributed by atoms with Crippen LogP contribution in [0.4, 0.5) is 5.69 Å². The Morgan fingerprint density at radius 2 is 1.60 bits per heavy atom. The van der Waals surface area contributed by atoms with Crippen LogP contribution < -0.4 is 19.7 Å². The standard InChI is InChI=1S/C32H38N4O6S/c1-24-9-12-27(13-10-24)43(39,40)35-19-16-32(17-20-35)31(38)34(23-36(32)26-7-5-4-6-8-26)22-30(37)33-18-15-25-11-14-28(41-2)29(21-25)42-3/h4-14,21H,15-20,22-23H2,1-3H3,(H,33,37). The summed E-state index contributed by atoms with van der Waals surface area (Å²) in [4.78, 5) is 30.8. The van der Waals surface area contributed by atoms with Gasteiger partial charge in [-0.3, -0.25) is 9.59 Å². The molecule has 11 heteroatoms. The van der Waals surface area contributed by atoms with Gasteiger partial charge < -0.3 is 24.6 Å². The largest absolute Gasteiger partial charge is 0.493 e. The van der Waals surface area contributed by atoms with Crippen LogP contribution in [0.1, 0.15) is 24.0 Å². The number of amides is 2. The topological polar surface area (TPSA) is 108 Å². The summed E-state index contributed by atoms with van der Waals surface area (Å²) < 4.78 is 38.8. The van der Waals surface area contributed by atoms with Crippen LogP contribution in [-0.2, 0) is 26.0 Å². The molecule has 10 nitrogen and oxygen atoms in total. The maximum atomic E-state index is 14.0. The Hall–Kier alpha value is -4.09. The van der Waals surface area contributed by atoms with Crippen molar-refractivity contribution in [1.29, 1.82) is 0 Å². The molecule has 0 atom stereocenters. The number of piperidine rings is 1. The Balaban J connectivity index is 1.26. The number of ether oxygens (including phenoxy) is 2. The first kappa shape index (κ1) is 30.4. The Bertz CT molecular complexity index is 1550. The molecule has 0 aliphatic carbocycles. The zero-order valence-electron chi connectivity index (χ0n) is 24.8. The molecule has 2 heterocycles. The Labute approximate surface area is 253 Å². The normalized spacial score (nSPS) is 16.9. The summed E-state index contributed by atoms with van der Waals surface area (Å²) in [5.74, 6) is 0.855. The molecule has 3 aromatic carbocycles. The lowest BCUT2D eigenvalue weighted by molar-refractivity contribution is -0.137. The second kappa shape index (κ2) is 12.6. The Morgan fingerprint density at radius 1 is 0.930 bits per heavy atom. The summed E-state index contributed by atoms with van der Waals surface area (Å²) >= 11 is 0. The monoisotopic (exact) mass is 606 g/mol. The molecule has 1 spiro atoms. The van der Waals surface area contributed by atoms with Crippen molar-refractivity contribution < 1.29 is 27.5 Å². The molecule has 0 radical (unpaired) electrons. The van der Waals surface area contributed by atoms with Crippen molar-refractivity contribution >= 4 is 27.5 Å². The number of carbonyl (C=O) groups is 2. The van der Waals surface area contributed by atoms with Gasteiger partial charge in [-0.1, -0.05) is 42.0 Å². The lowest BCUT2D eigenvalue weighted by Crippen LogP contribution is -2.57. The van der Waals surface area contributed by atoms with Gasteiger partial charge in [0.15, 0.2) is 11.5 Å². The molecule has 2 aliphatic rings. The first-order valence-corrected chi connectivity index (χ1v) is 15.8. The predicted octanol–water partition coefficient (Wildman–Crippen LogP) is 3.20. The van der Waals surface area contributed by atoms with E-state index in [1.54, 1.807) is 43.4 Å². The molecular formula is C32H38N4O6S. The van der Waals surface area contributed by atoms with Crippen LogP contribution in [0.15, 0.2) is 77.7 Å². The summed E-state index contributed by atoms with van der Waals surface area (Å²) in [6.07, 6.45) is 1.23. The van der Waals surface area contributed by atoms with E-state index in [9.17, 15) is 18.0 Å². The molecule has 43 heavy (non-hydrogen) atoms. The van der Waals surface area contributed by atoms with Crippen LogP contribution in [0.5, 0.6) is 11.5 Å². The Kier molecular flexibility index (Phi) is 8.93. The van der Waals surface area contributed by atoms with Crippen LogP contribution in [0, 0.1) is 6.92 Å². The zero-order chi connectivity index (χ0) is 30.6. The van der Waals surface area contributed by atoms with Gasteiger partial charge in [-0.25, -0.2) is 8.42 Å². The average Bonchev–Trinajstić information content (AvgIpc) is 3.27. The molecule has 228 valence electrons. The molecular weight excluding hydrogens is 568 g/mol. The first-order valence-electron chi connectivity index (χ1n) is 14.3. The van der Waals surface area contributed by atoms with Crippen molar-refractivity contribution in [2.45, 2.75) is 36.6 Å². The van der Waals surface area contributed by atoms with Gasteiger partial charge in [0.25, 0.3) is 0 Å². The van der Waals surface area contributed by atoms with E-state index < -0.39 is 15.6 Å². The number of hydrogen-bond acceptors (Lipinski definition) is 7. The highest BCUT2D eigenvalue weighted by Crippen LogP contribution is 2.40. The lowest BCUT2D eigenvalue weighted by Gasteiger charge is -2.42. The van der Waals surface area contributed by atoms with Gasteiger partial charge in [-0.2, -0.15) is 4.31 Å². The lowest BCUT2D eigenvalue weighted by atomic mass is 9.86. The smallest absolute Gasteiger partial charge is 0.250 e. The fourth-order valence-corrected chi connectivity index (χ4v) is 7.33. The second-order valence-electron chi connectivity index (χ2n) is 10.9. The number of hydrogen-bond donors (Lipinski definition) is 1. The van der Waals surface area contributed by atoms with Gasteiger partial charge in [-0.05, 0) is 68.1 Å². The van der Waals surface area contributed by atoms with Crippen molar-refractivity contribution in [2.24, 2.45) is 0 Å². The molecule has 0 unspecified atom stereocenters. The molecule has 0 saturated carbocycles. The van der Waals surface area contributed by atoms with Crippen LogP contribution >= 0.6 is 0 Å². The summed E-state index contributed by atoms with van der Waals surface area (Å²) in [6, 6.07) is 22.1. The minimum Gasteiger partial charge on any atom is -0.493 e. The number of para-hydroxylation sites is 1. The Morgan fingerprint density at radius 3 is 2.26 bits per heavy atom. The number of aryl methyl sites for hydroxylation is 1. The summed E-state index contributed by atoms with van der Waals surface area (Å²) in [7, 11) is -0.529. The number of benzene rings is 3. The summed E-state index contributed by atoms with van der Waals surface area (Å²) in [6.45, 7) is 2.89. The van der Waals surface area contributed by atoms with Crippen molar-refractivity contribution in [3.05, 3.63) is 83.9 Å². The van der Waals surface area contributed by atoms with Gasteiger partial charge in [0.1, 0.15) is 12.1 Å². The van der Waals surface area contributed by atoms with E-state index >= 15 is 0 Å². The SMILES string of the molecule is COc1ccc(CCNC(=O)CN2CN(c3ccccc3)C3(CCN(S(=O)(=O)c4ccc(C)cc4)CC3)C2=O)cc1OC. The van der Waals surface area contributed by atoms with Crippen LogP contribution in [-0.4, -0.2) is 82.0 Å². The molecule has 0 aromatic heterocycles. The van der Waals surface area contributed by atoms with Gasteiger partial charge in [0.2, 0.25) is 21.8 Å². The predicted molar refractivity (Wildman–Crippen MR) is 164 cm³/mol. The number of anilines is 1. The molecule has 5 rings (SSSR count). The third-order valence-corrected chi connectivity index (χ3v) is 10.2. The van der Waals surface area contributed by atoms with Crippen molar-refractivity contribution in [3.63, 3.8) is 0 Å². The zero-order valence-corrected chi connectivity index (χ0v) is 25.6. The number of nitrogens with zero attached hydrogens (tertiary/aromatic N) is 3. The molecule has 3 aromatic rings. The highest BCUT2D eigenvalue weighted by molar-refractivity contribution is 7.89. The summed E-state index contributed by atoms with van der Waals surface area (Å²) in [5, 5.41) is 2.93. The summed E-state index contributed by atoms with van der Waals surface area (Å²) in [5.41, 5.74) is 1.90. The van der Waals surface area contributed by atoms with E-state index in [2.05, 4.69) is 5.32 Å². The van der Waals surface area contributed by atoms with E-state index in [0.29, 0.717) is 37.3 Å². The van der Waals surface area contributed by atoms with E-state index in [-0.39, 0.29) is 43.0 Å². The minimum atomic E-state index is -3.69. The van der Waals surface area contributed by atoms with Gasteiger partial charge in [0.05, 0.1) is 25.8 Å². The number of rotatable bonds is 10. The maximum absolute atomic E-state index is 14.0. The van der Waals surface area contributed by atoms with Crippen LogP contribution in [0.3, 0.4) is 0 Å². The van der Waals surface area contributed by atoms with Gasteiger partial charge in [-0.15, -0.1) is 0 Å².